The van der Waals surface area contributed by atoms with Gasteiger partial charge in [-0.2, -0.15) is 0 Å². The Hall–Kier alpha value is -2.94. The normalized spacial score (nSPS) is 11.3. The predicted octanol–water partition coefficient (Wildman–Crippen LogP) is 4.82. The minimum atomic E-state index is -0.290. The van der Waals surface area contributed by atoms with Crippen LogP contribution in [0.3, 0.4) is 0 Å². The van der Waals surface area contributed by atoms with E-state index >= 15 is 0 Å². The molecule has 0 saturated carbocycles. The summed E-state index contributed by atoms with van der Waals surface area (Å²) in [7, 11) is 5.48. The van der Waals surface area contributed by atoms with Crippen molar-refractivity contribution < 1.29 is 14.1 Å². The van der Waals surface area contributed by atoms with Gasteiger partial charge in [-0.1, -0.05) is 58.4 Å². The monoisotopic (exact) mass is 456 g/mol. The molecule has 0 radical (unpaired) electrons. The molecule has 4 rings (SSSR count). The Morgan fingerprint density at radius 2 is 1.94 bits per heavy atom. The van der Waals surface area contributed by atoms with Crippen molar-refractivity contribution in [3.05, 3.63) is 59.2 Å². The van der Waals surface area contributed by atoms with Crippen LogP contribution in [0.5, 0.6) is 5.75 Å². The number of aromatic nitrogens is 2. The van der Waals surface area contributed by atoms with E-state index in [4.69, 9.17) is 20.9 Å². The molecule has 0 aliphatic heterocycles. The lowest BCUT2D eigenvalue weighted by atomic mass is 10.1. The Kier molecular flexibility index (Phi) is 6.22. The van der Waals surface area contributed by atoms with Crippen LogP contribution in [-0.2, 0) is 0 Å². The maximum absolute atomic E-state index is 13.4. The summed E-state index contributed by atoms with van der Waals surface area (Å²) in [6.45, 7) is 1.08. The smallest absolute Gasteiger partial charge is 0.282 e. The molecule has 2 aromatic heterocycles. The molecular formula is C22H21ClN4O3S. The number of thiazole rings is 1. The maximum atomic E-state index is 13.4. The van der Waals surface area contributed by atoms with E-state index in [1.165, 1.54) is 11.3 Å². The van der Waals surface area contributed by atoms with Gasteiger partial charge in [0.15, 0.2) is 16.6 Å². The van der Waals surface area contributed by atoms with E-state index in [-0.39, 0.29) is 11.6 Å². The molecule has 2 heterocycles. The quantitative estimate of drug-likeness (QED) is 0.397. The van der Waals surface area contributed by atoms with Crippen molar-refractivity contribution in [2.45, 2.75) is 0 Å². The number of anilines is 1. The second-order valence-electron chi connectivity index (χ2n) is 7.13. The van der Waals surface area contributed by atoms with Gasteiger partial charge in [-0.05, 0) is 26.2 Å². The molecule has 0 aliphatic carbocycles. The van der Waals surface area contributed by atoms with E-state index < -0.39 is 0 Å². The molecule has 0 aliphatic rings. The molecule has 31 heavy (non-hydrogen) atoms. The molecule has 1 amide bonds. The first kappa shape index (κ1) is 21.3. The fourth-order valence-corrected chi connectivity index (χ4v) is 4.34. The molecule has 9 heteroatoms. The zero-order valence-corrected chi connectivity index (χ0v) is 18.9. The summed E-state index contributed by atoms with van der Waals surface area (Å²) in [5.74, 6) is 0.849. The number of carbonyl (C=O) groups is 1. The van der Waals surface area contributed by atoms with E-state index in [0.717, 1.165) is 10.3 Å². The van der Waals surface area contributed by atoms with Crippen molar-refractivity contribution >= 4 is 44.2 Å². The zero-order valence-electron chi connectivity index (χ0n) is 17.3. The van der Waals surface area contributed by atoms with Crippen LogP contribution in [0, 0.1) is 0 Å². The molecule has 4 aromatic rings. The molecule has 0 spiro atoms. The van der Waals surface area contributed by atoms with Crippen LogP contribution < -0.4 is 9.64 Å². The van der Waals surface area contributed by atoms with Crippen molar-refractivity contribution in [2.24, 2.45) is 0 Å². The van der Waals surface area contributed by atoms with Gasteiger partial charge in [-0.15, -0.1) is 0 Å². The largest absolute Gasteiger partial charge is 0.494 e. The number of amides is 1. The molecule has 0 unspecified atom stereocenters. The Morgan fingerprint density at radius 3 is 2.65 bits per heavy atom. The number of rotatable bonds is 7. The van der Waals surface area contributed by atoms with Crippen LogP contribution in [0.2, 0.25) is 5.02 Å². The third-order valence-corrected chi connectivity index (χ3v) is 6.24. The van der Waals surface area contributed by atoms with Gasteiger partial charge in [-0.3, -0.25) is 9.69 Å². The van der Waals surface area contributed by atoms with E-state index in [9.17, 15) is 4.79 Å². The van der Waals surface area contributed by atoms with Crippen molar-refractivity contribution in [2.75, 3.05) is 39.2 Å². The number of likely N-dealkylation sites (N-methyl/N-ethyl adjacent to an activating group) is 1. The van der Waals surface area contributed by atoms with Gasteiger partial charge < -0.3 is 14.2 Å². The first-order valence-corrected chi connectivity index (χ1v) is 10.8. The van der Waals surface area contributed by atoms with E-state index in [2.05, 4.69) is 10.1 Å². The zero-order chi connectivity index (χ0) is 22.0. The maximum Gasteiger partial charge on any atom is 0.282 e. The highest BCUT2D eigenvalue weighted by Crippen LogP contribution is 2.39. The summed E-state index contributed by atoms with van der Waals surface area (Å²) in [5.41, 5.74) is 1.70. The first-order valence-electron chi connectivity index (χ1n) is 9.59. The van der Waals surface area contributed by atoms with E-state index in [0.29, 0.717) is 40.3 Å². The molecule has 0 fully saturated rings. The molecule has 0 atom stereocenters. The summed E-state index contributed by atoms with van der Waals surface area (Å²) in [6.07, 6.45) is 0. The molecule has 160 valence electrons. The van der Waals surface area contributed by atoms with Crippen molar-refractivity contribution in [3.8, 4) is 17.1 Å². The number of carbonyl (C=O) groups excluding carboxylic acids is 1. The highest BCUT2D eigenvalue weighted by Gasteiger charge is 2.26. The second kappa shape index (κ2) is 9.05. The molecule has 0 N–H and O–H groups in total. The highest BCUT2D eigenvalue weighted by molar-refractivity contribution is 7.23. The number of fused-ring (bicyclic) bond motifs is 1. The summed E-state index contributed by atoms with van der Waals surface area (Å²) in [6, 6.07) is 14.7. The lowest BCUT2D eigenvalue weighted by molar-refractivity contribution is 0.0976. The third-order valence-electron chi connectivity index (χ3n) is 4.70. The van der Waals surface area contributed by atoms with Gasteiger partial charge in [0.25, 0.3) is 5.91 Å². The van der Waals surface area contributed by atoms with Gasteiger partial charge in [0.2, 0.25) is 0 Å². The van der Waals surface area contributed by atoms with Gasteiger partial charge >= 0.3 is 0 Å². The molecular weight excluding hydrogens is 436 g/mol. The van der Waals surface area contributed by atoms with Crippen LogP contribution in [0.1, 0.15) is 10.5 Å². The van der Waals surface area contributed by atoms with Crippen LogP contribution in [-0.4, -0.2) is 55.2 Å². The summed E-state index contributed by atoms with van der Waals surface area (Å²) < 4.78 is 11.6. The summed E-state index contributed by atoms with van der Waals surface area (Å²) >= 11 is 7.72. The number of methoxy groups -OCH3 is 1. The van der Waals surface area contributed by atoms with Gasteiger partial charge in [0.1, 0.15) is 11.3 Å². The standard InChI is InChI=1S/C22H21ClN4O3S/c1-26(2)11-12-27(22-24-19-17(29-3)10-9-15(23)20(19)31-22)21(28)16-13-18(30-25-16)14-7-5-4-6-8-14/h4-10,13H,11-12H2,1-3H3. The van der Waals surface area contributed by atoms with E-state index in [1.54, 1.807) is 30.2 Å². The average molecular weight is 457 g/mol. The number of ether oxygens (including phenoxy) is 1. The van der Waals surface area contributed by atoms with Crippen molar-refractivity contribution in [1.82, 2.24) is 15.0 Å². The van der Waals surface area contributed by atoms with Crippen molar-refractivity contribution in [3.63, 3.8) is 0 Å². The number of nitrogens with zero attached hydrogens (tertiary/aromatic N) is 4. The molecule has 0 bridgehead atoms. The number of hydrogen-bond acceptors (Lipinski definition) is 7. The number of halogens is 1. The Labute approximate surface area is 188 Å². The lowest BCUT2D eigenvalue weighted by Gasteiger charge is -2.20. The summed E-state index contributed by atoms with van der Waals surface area (Å²) in [4.78, 5) is 21.7. The lowest BCUT2D eigenvalue weighted by Crippen LogP contribution is -2.36. The second-order valence-corrected chi connectivity index (χ2v) is 8.51. The number of hydrogen-bond donors (Lipinski definition) is 0. The molecule has 2 aromatic carbocycles. The minimum absolute atomic E-state index is 0.218. The Balaban J connectivity index is 1.72. The summed E-state index contributed by atoms with van der Waals surface area (Å²) in [5, 5.41) is 5.11. The predicted molar refractivity (Wildman–Crippen MR) is 123 cm³/mol. The Bertz CT molecular complexity index is 1210. The fourth-order valence-electron chi connectivity index (χ4n) is 3.06. The van der Waals surface area contributed by atoms with Crippen LogP contribution in [0.25, 0.3) is 21.5 Å². The highest BCUT2D eigenvalue weighted by atomic mass is 35.5. The van der Waals surface area contributed by atoms with Crippen LogP contribution in [0.15, 0.2) is 53.1 Å². The van der Waals surface area contributed by atoms with Crippen LogP contribution >= 0.6 is 22.9 Å². The van der Waals surface area contributed by atoms with E-state index in [1.807, 2.05) is 49.3 Å². The Morgan fingerprint density at radius 1 is 1.16 bits per heavy atom. The van der Waals surface area contributed by atoms with Gasteiger partial charge in [0, 0.05) is 24.7 Å². The topological polar surface area (TPSA) is 71.7 Å². The van der Waals surface area contributed by atoms with Gasteiger partial charge in [-0.25, -0.2) is 4.98 Å². The molecule has 0 saturated heterocycles. The van der Waals surface area contributed by atoms with Crippen LogP contribution in [0.4, 0.5) is 5.13 Å². The third kappa shape index (κ3) is 4.41. The van der Waals surface area contributed by atoms with Gasteiger partial charge in [0.05, 0.1) is 16.8 Å². The van der Waals surface area contributed by atoms with Crippen molar-refractivity contribution in [1.29, 1.82) is 0 Å². The SMILES string of the molecule is COc1ccc(Cl)c2sc(N(CCN(C)C)C(=O)c3cc(-c4ccccc4)on3)nc12. The fraction of sp³-hybridized carbons (Fsp3) is 0.227. The average Bonchev–Trinajstić information content (AvgIpc) is 3.43. The first-order chi connectivity index (χ1) is 15.0. The number of benzene rings is 2. The minimum Gasteiger partial charge on any atom is -0.494 e. The molecule has 7 nitrogen and oxygen atoms in total.